The molecule has 0 aromatic carbocycles. The van der Waals surface area contributed by atoms with Gasteiger partial charge in [-0.1, -0.05) is 27.7 Å². The van der Waals surface area contributed by atoms with Gasteiger partial charge in [-0.25, -0.2) is 0 Å². The molecule has 1 aliphatic rings. The third-order valence-corrected chi connectivity index (χ3v) is 4.61. The van der Waals surface area contributed by atoms with Gasteiger partial charge < -0.3 is 4.90 Å². The third-order valence-electron chi connectivity index (χ3n) is 4.61. The van der Waals surface area contributed by atoms with E-state index in [9.17, 15) is 0 Å². The molecule has 1 rings (SSSR count). The zero-order valence-electron chi connectivity index (χ0n) is 15.2. The van der Waals surface area contributed by atoms with Gasteiger partial charge in [0, 0.05) is 17.4 Å². The minimum Gasteiger partial charge on any atom is -0.346 e. The van der Waals surface area contributed by atoms with Crippen LogP contribution in [-0.2, 0) is 0 Å². The Bertz CT molecular complexity index is 470. The van der Waals surface area contributed by atoms with E-state index in [1.54, 1.807) is 5.57 Å². The van der Waals surface area contributed by atoms with Crippen LogP contribution in [0.5, 0.6) is 0 Å². The summed E-state index contributed by atoms with van der Waals surface area (Å²) in [6.45, 7) is 23.0. The molecule has 1 aliphatic heterocycles. The van der Waals surface area contributed by atoms with Crippen LogP contribution in [0.4, 0.5) is 0 Å². The summed E-state index contributed by atoms with van der Waals surface area (Å²) in [6.07, 6.45) is 0. The lowest BCUT2D eigenvalue weighted by Gasteiger charge is -2.37. The molecular weight excluding hydrogens is 242 g/mol. The molecule has 0 radical (unpaired) electrons. The average molecular weight is 275 g/mol. The molecule has 0 saturated heterocycles. The summed E-state index contributed by atoms with van der Waals surface area (Å²) in [5.74, 6) is 1.10. The van der Waals surface area contributed by atoms with Gasteiger partial charge >= 0.3 is 0 Å². The fourth-order valence-electron chi connectivity index (χ4n) is 3.42. The first kappa shape index (κ1) is 17.1. The summed E-state index contributed by atoms with van der Waals surface area (Å²) in [6, 6.07) is 0.495. The molecule has 0 aromatic rings. The molecular formula is C19H33N. The van der Waals surface area contributed by atoms with Crippen molar-refractivity contribution in [2.45, 2.75) is 75.3 Å². The molecule has 0 unspecified atom stereocenters. The Morgan fingerprint density at radius 2 is 1.15 bits per heavy atom. The van der Waals surface area contributed by atoms with Crippen molar-refractivity contribution in [3.63, 3.8) is 0 Å². The van der Waals surface area contributed by atoms with E-state index >= 15 is 0 Å². The second-order valence-electron chi connectivity index (χ2n) is 7.03. The minimum atomic E-state index is 0.495. The fraction of sp³-hybridized carbons (Fsp3) is 0.684. The van der Waals surface area contributed by atoms with Gasteiger partial charge in [0.25, 0.3) is 0 Å². The van der Waals surface area contributed by atoms with Gasteiger partial charge in [-0.2, -0.15) is 0 Å². The Morgan fingerprint density at radius 3 is 1.50 bits per heavy atom. The maximum atomic E-state index is 2.56. The van der Waals surface area contributed by atoms with Crippen molar-refractivity contribution in [3.8, 4) is 0 Å². The van der Waals surface area contributed by atoms with E-state index in [1.807, 2.05) is 0 Å². The highest BCUT2D eigenvalue weighted by molar-refractivity contribution is 5.50. The van der Waals surface area contributed by atoms with Crippen molar-refractivity contribution < 1.29 is 0 Å². The number of hydrogen-bond acceptors (Lipinski definition) is 1. The zero-order chi connectivity index (χ0) is 15.8. The lowest BCUT2D eigenvalue weighted by atomic mass is 9.87. The molecule has 0 N–H and O–H groups in total. The van der Waals surface area contributed by atoms with Crippen LogP contribution in [0.25, 0.3) is 0 Å². The molecule has 0 saturated carbocycles. The topological polar surface area (TPSA) is 3.24 Å². The second kappa shape index (κ2) is 6.20. The molecule has 0 spiro atoms. The molecule has 0 aromatic heterocycles. The molecule has 114 valence electrons. The highest BCUT2D eigenvalue weighted by atomic mass is 15.2. The van der Waals surface area contributed by atoms with Crippen LogP contribution in [0.15, 0.2) is 33.7 Å². The van der Waals surface area contributed by atoms with Gasteiger partial charge in [0.1, 0.15) is 0 Å². The summed E-state index contributed by atoms with van der Waals surface area (Å²) in [5.41, 5.74) is 8.83. The molecule has 0 aliphatic carbocycles. The molecule has 0 fully saturated rings. The van der Waals surface area contributed by atoms with Crippen molar-refractivity contribution >= 4 is 0 Å². The Morgan fingerprint density at radius 1 is 0.650 bits per heavy atom. The lowest BCUT2D eigenvalue weighted by Crippen LogP contribution is -2.32. The largest absolute Gasteiger partial charge is 0.346 e. The Labute approximate surface area is 126 Å². The SMILES string of the molecule is CC1=C(C)C(C(C)C)=C(C(C)C)N(C(C)C)C(C)=C1C. The summed E-state index contributed by atoms with van der Waals surface area (Å²) in [7, 11) is 0. The summed E-state index contributed by atoms with van der Waals surface area (Å²) < 4.78 is 0. The second-order valence-corrected chi connectivity index (χ2v) is 7.03. The van der Waals surface area contributed by atoms with Gasteiger partial charge in [-0.3, -0.25) is 0 Å². The molecule has 0 amide bonds. The fourth-order valence-corrected chi connectivity index (χ4v) is 3.42. The van der Waals surface area contributed by atoms with Crippen LogP contribution in [0.1, 0.15) is 69.2 Å². The molecule has 20 heavy (non-hydrogen) atoms. The van der Waals surface area contributed by atoms with Crippen molar-refractivity contribution in [1.82, 2.24) is 4.90 Å². The summed E-state index contributed by atoms with van der Waals surface area (Å²) in [5, 5.41) is 0. The third kappa shape index (κ3) is 2.87. The monoisotopic (exact) mass is 275 g/mol. The van der Waals surface area contributed by atoms with Crippen molar-refractivity contribution in [1.29, 1.82) is 0 Å². The van der Waals surface area contributed by atoms with E-state index in [2.05, 4.69) is 74.1 Å². The highest BCUT2D eigenvalue weighted by Crippen LogP contribution is 2.39. The first-order valence-electron chi connectivity index (χ1n) is 8.00. The van der Waals surface area contributed by atoms with Gasteiger partial charge in [0.2, 0.25) is 0 Å². The van der Waals surface area contributed by atoms with E-state index in [0.717, 1.165) is 0 Å². The van der Waals surface area contributed by atoms with E-state index in [4.69, 9.17) is 0 Å². The zero-order valence-corrected chi connectivity index (χ0v) is 15.2. The van der Waals surface area contributed by atoms with Crippen molar-refractivity contribution in [3.05, 3.63) is 33.7 Å². The van der Waals surface area contributed by atoms with E-state index in [0.29, 0.717) is 17.9 Å². The average Bonchev–Trinajstić information content (AvgIpc) is 2.40. The smallest absolute Gasteiger partial charge is 0.0279 e. The lowest BCUT2D eigenvalue weighted by molar-refractivity contribution is 0.313. The summed E-state index contributed by atoms with van der Waals surface area (Å²) in [4.78, 5) is 2.56. The first-order valence-corrected chi connectivity index (χ1v) is 8.00. The van der Waals surface area contributed by atoms with Crippen LogP contribution in [0.3, 0.4) is 0 Å². The summed E-state index contributed by atoms with van der Waals surface area (Å²) >= 11 is 0. The van der Waals surface area contributed by atoms with E-state index in [1.165, 1.54) is 28.1 Å². The van der Waals surface area contributed by atoms with Gasteiger partial charge in [-0.15, -0.1) is 0 Å². The van der Waals surface area contributed by atoms with Crippen LogP contribution < -0.4 is 0 Å². The molecule has 0 atom stereocenters. The van der Waals surface area contributed by atoms with Gasteiger partial charge in [0.05, 0.1) is 0 Å². The van der Waals surface area contributed by atoms with Gasteiger partial charge in [-0.05, 0) is 75.7 Å². The quantitative estimate of drug-likeness (QED) is 0.619. The van der Waals surface area contributed by atoms with E-state index < -0.39 is 0 Å². The van der Waals surface area contributed by atoms with Crippen molar-refractivity contribution in [2.24, 2.45) is 11.8 Å². The molecule has 1 heterocycles. The highest BCUT2D eigenvalue weighted by Gasteiger charge is 2.28. The predicted octanol–water partition coefficient (Wildman–Crippen LogP) is 5.91. The molecule has 1 heteroatoms. The Hall–Kier alpha value is -0.980. The van der Waals surface area contributed by atoms with Crippen LogP contribution in [-0.4, -0.2) is 10.9 Å². The number of rotatable bonds is 3. The maximum absolute atomic E-state index is 2.56. The maximum Gasteiger partial charge on any atom is 0.0279 e. The number of nitrogens with zero attached hydrogens (tertiary/aromatic N) is 1. The number of hydrogen-bond donors (Lipinski definition) is 0. The predicted molar refractivity (Wildman–Crippen MR) is 90.4 cm³/mol. The van der Waals surface area contributed by atoms with Crippen LogP contribution >= 0.6 is 0 Å². The Balaban J connectivity index is 3.77. The van der Waals surface area contributed by atoms with Crippen molar-refractivity contribution in [2.75, 3.05) is 0 Å². The normalized spacial score (nSPS) is 18.1. The standard InChI is InChI=1S/C19H33N/c1-11(2)18-16(9)14(7)15(8)17(10)20(13(5)6)19(18)12(3)4/h11-13H,1-10H3. The van der Waals surface area contributed by atoms with Gasteiger partial charge in [0.15, 0.2) is 0 Å². The molecule has 0 bridgehead atoms. The van der Waals surface area contributed by atoms with E-state index in [-0.39, 0.29) is 0 Å². The minimum absolute atomic E-state index is 0.495. The molecule has 1 nitrogen and oxygen atoms in total. The first-order chi connectivity index (χ1) is 9.11. The number of allylic oxidation sites excluding steroid dienone is 6. The Kier molecular flexibility index (Phi) is 5.29. The van der Waals surface area contributed by atoms with Crippen LogP contribution in [0.2, 0.25) is 0 Å². The van der Waals surface area contributed by atoms with Crippen LogP contribution in [0, 0.1) is 11.8 Å².